The van der Waals surface area contributed by atoms with Crippen molar-refractivity contribution in [2.75, 3.05) is 13.2 Å². The molecule has 8 aliphatic rings. The van der Waals surface area contributed by atoms with Gasteiger partial charge in [-0.05, 0) is 87.5 Å². The minimum Gasteiger partial charge on any atom is -0.394 e. The van der Waals surface area contributed by atoms with Gasteiger partial charge in [-0.3, -0.25) is 4.79 Å². The van der Waals surface area contributed by atoms with E-state index < -0.39 is 143 Å². The normalized spacial score (nSPS) is 50.6. The van der Waals surface area contributed by atoms with E-state index in [0.29, 0.717) is 38.5 Å². The quantitative estimate of drug-likeness (QED) is 0.120. The highest BCUT2D eigenvalue weighted by Gasteiger charge is 2.71. The van der Waals surface area contributed by atoms with Crippen LogP contribution in [0.3, 0.4) is 0 Å². The summed E-state index contributed by atoms with van der Waals surface area (Å²) in [6, 6.07) is 0. The summed E-state index contributed by atoms with van der Waals surface area (Å²) in [5.74, 6) is -1.99. The van der Waals surface area contributed by atoms with Gasteiger partial charge >= 0.3 is 0 Å². The van der Waals surface area contributed by atoms with E-state index in [2.05, 4.69) is 33.8 Å². The molecule has 0 radical (unpaired) electrons. The Morgan fingerprint density at radius 1 is 0.797 bits per heavy atom. The fourth-order valence-electron chi connectivity index (χ4n) is 14.8. The van der Waals surface area contributed by atoms with Crippen LogP contribution in [0.15, 0.2) is 23.3 Å². The molecule has 16 nitrogen and oxygen atoms in total. The molecule has 8 rings (SSSR count). The Balaban J connectivity index is 0.959. The molecule has 0 aromatic heterocycles. The molecule has 5 aliphatic carbocycles. The van der Waals surface area contributed by atoms with Crippen molar-refractivity contribution in [3.63, 3.8) is 0 Å². The number of carbonyl (C=O) groups excluding carboxylic acids is 1. The van der Waals surface area contributed by atoms with Crippen LogP contribution in [0.25, 0.3) is 0 Å². The third kappa shape index (κ3) is 9.00. The van der Waals surface area contributed by atoms with Gasteiger partial charge in [-0.2, -0.15) is 0 Å². The zero-order valence-corrected chi connectivity index (χ0v) is 42.9. The molecule has 3 aliphatic heterocycles. The van der Waals surface area contributed by atoms with E-state index in [4.69, 9.17) is 28.4 Å². The number of ketones is 1. The topological polar surface area (TPSA) is 255 Å². The predicted molar refractivity (Wildman–Crippen MR) is 251 cm³/mol. The molecule has 394 valence electrons. The molecule has 0 amide bonds. The molecule has 6 fully saturated rings. The number of hydrogen-bond donors (Lipinski definition) is 9. The second-order valence-electron chi connectivity index (χ2n) is 24.9. The summed E-state index contributed by atoms with van der Waals surface area (Å²) in [5, 5.41) is 98.3. The average molecular weight is 979 g/mol. The minimum atomic E-state index is -1.30. The van der Waals surface area contributed by atoms with Crippen LogP contribution in [0.1, 0.15) is 134 Å². The van der Waals surface area contributed by atoms with Crippen molar-refractivity contribution in [1.29, 1.82) is 0 Å². The van der Waals surface area contributed by atoms with Crippen LogP contribution < -0.4 is 0 Å². The molecule has 16 heteroatoms. The van der Waals surface area contributed by atoms with Gasteiger partial charge in [0.05, 0.1) is 67.6 Å². The highest BCUT2D eigenvalue weighted by molar-refractivity contribution is 5.95. The van der Waals surface area contributed by atoms with E-state index in [0.717, 1.165) is 18.4 Å². The molecule has 9 N–H and O–H groups in total. The van der Waals surface area contributed by atoms with Crippen LogP contribution in [0.5, 0.6) is 0 Å². The zero-order chi connectivity index (χ0) is 50.7. The zero-order valence-electron chi connectivity index (χ0n) is 42.9. The molecule has 69 heavy (non-hydrogen) atoms. The van der Waals surface area contributed by atoms with Crippen molar-refractivity contribution in [1.82, 2.24) is 0 Å². The molecular weight excluding hydrogens is 893 g/mol. The van der Waals surface area contributed by atoms with Crippen LogP contribution in [0.2, 0.25) is 0 Å². The van der Waals surface area contributed by atoms with Crippen molar-refractivity contribution >= 4 is 5.78 Å². The van der Waals surface area contributed by atoms with Gasteiger partial charge in [-0.15, -0.1) is 0 Å². The van der Waals surface area contributed by atoms with E-state index in [1.807, 2.05) is 33.8 Å². The fraction of sp³-hybridized carbons (Fsp3) is 0.906. The summed E-state index contributed by atoms with van der Waals surface area (Å²) in [4.78, 5) is 15.0. The van der Waals surface area contributed by atoms with Crippen LogP contribution in [0.4, 0.5) is 0 Å². The number of hydrogen-bond acceptors (Lipinski definition) is 16. The maximum Gasteiger partial charge on any atom is 0.187 e. The Bertz CT molecular complexity index is 1930. The first kappa shape index (κ1) is 53.8. The monoisotopic (exact) mass is 979 g/mol. The molecule has 0 aromatic rings. The minimum absolute atomic E-state index is 0.00623. The largest absolute Gasteiger partial charge is 0.394 e. The lowest BCUT2D eigenvalue weighted by molar-refractivity contribution is -0.319. The third-order valence-corrected chi connectivity index (χ3v) is 19.8. The van der Waals surface area contributed by atoms with Crippen LogP contribution in [-0.4, -0.2) is 162 Å². The molecule has 0 aromatic carbocycles. The van der Waals surface area contributed by atoms with Crippen molar-refractivity contribution in [3.05, 3.63) is 23.3 Å². The van der Waals surface area contributed by atoms with E-state index in [-0.39, 0.29) is 36.6 Å². The molecule has 3 unspecified atom stereocenters. The summed E-state index contributed by atoms with van der Waals surface area (Å²) in [6.45, 7) is 21.2. The maximum absolute atomic E-state index is 15.0. The van der Waals surface area contributed by atoms with Crippen molar-refractivity contribution in [2.45, 2.75) is 231 Å². The standard InChI is InChI=1S/C53H86O16/c1-25(14-16-39(49(7,8)63)68-46-27(3)40(59)26(2)35(66-46)24-64-45-28(4)41(60)43(62)34(23-54)65-45)29-13-12-18-50(9)44-32(55)19-31-30(52(44,11)36(57)21-51(29,50)10)15-17-38(48(31,5)6)67-47-42(61)33(56)20-53(69-47)22-37(53)58/h13,19,25-28,30,33-47,54,56-63H,12,14-18,20-24H2,1-11H3/t25-,26-,27-,28-,30?,33+,34-,35-,36-,37-,38+,39-,40+,41-,42-,43-,44?,45-,46+,47-,50+,51-,52-,53?/m1/s1. The van der Waals surface area contributed by atoms with Gasteiger partial charge in [0.25, 0.3) is 0 Å². The second kappa shape index (κ2) is 19.0. The number of rotatable bonds is 13. The SMILES string of the molecule is C[C@H]1[C@H](O[C@H](CC[C@@H](C)C2=CCC[C@@]3(C)C4C(=O)C=C5C(CC[C@H](O[C@@H]6OC7(C[C@H]7O)C[C@H](O)[C@H]6O)C5(C)C)[C@]4(C)[C@H](O)C[C@]23C)C(C)(C)O)O[C@H](CO[C@@H]2O[C@H](CO)[C@@H](O)[C@H](O)[C@H]2C)[C@@H](C)[C@@H]1O. The Hall–Kier alpha value is -1.45. The van der Waals surface area contributed by atoms with Crippen molar-refractivity contribution in [3.8, 4) is 0 Å². The molecular formula is C53H86O16. The van der Waals surface area contributed by atoms with E-state index in [9.17, 15) is 46.0 Å². The second-order valence-corrected chi connectivity index (χ2v) is 24.9. The van der Waals surface area contributed by atoms with Crippen LogP contribution in [-0.2, 0) is 33.2 Å². The average Bonchev–Trinajstić information content (AvgIpc) is 3.89. The smallest absolute Gasteiger partial charge is 0.187 e. The van der Waals surface area contributed by atoms with Gasteiger partial charge in [0.2, 0.25) is 0 Å². The van der Waals surface area contributed by atoms with Gasteiger partial charge in [-0.1, -0.05) is 79.5 Å². The fourth-order valence-corrected chi connectivity index (χ4v) is 14.8. The molecule has 24 atom stereocenters. The summed E-state index contributed by atoms with van der Waals surface area (Å²) in [7, 11) is 0. The van der Waals surface area contributed by atoms with Crippen LogP contribution >= 0.6 is 0 Å². The lowest BCUT2D eigenvalue weighted by Crippen LogP contribution is -2.68. The number of fused-ring (bicyclic) bond motifs is 5. The maximum atomic E-state index is 15.0. The number of aliphatic hydroxyl groups is 9. The summed E-state index contributed by atoms with van der Waals surface area (Å²) < 4.78 is 37.7. The van der Waals surface area contributed by atoms with Crippen LogP contribution in [0, 0.1) is 57.2 Å². The Labute approximate surface area is 408 Å². The molecule has 3 saturated heterocycles. The highest BCUT2D eigenvalue weighted by atomic mass is 16.7. The molecule has 0 bridgehead atoms. The lowest BCUT2D eigenvalue weighted by Gasteiger charge is -2.69. The van der Waals surface area contributed by atoms with Gasteiger partial charge in [0, 0.05) is 47.3 Å². The number of carbonyl (C=O) groups is 1. The highest BCUT2D eigenvalue weighted by Crippen LogP contribution is 2.72. The van der Waals surface area contributed by atoms with E-state index in [1.54, 1.807) is 20.8 Å². The first-order chi connectivity index (χ1) is 32.1. The molecule has 3 saturated carbocycles. The first-order valence-corrected chi connectivity index (χ1v) is 26.0. The number of allylic oxidation sites excluding steroid dienone is 3. The van der Waals surface area contributed by atoms with Crippen molar-refractivity contribution in [2.24, 2.45) is 57.2 Å². The Morgan fingerprint density at radius 3 is 2.09 bits per heavy atom. The molecule has 1 spiro atoms. The van der Waals surface area contributed by atoms with Gasteiger partial charge in [0.15, 0.2) is 24.7 Å². The Morgan fingerprint density at radius 2 is 1.45 bits per heavy atom. The summed E-state index contributed by atoms with van der Waals surface area (Å²) >= 11 is 0. The van der Waals surface area contributed by atoms with E-state index >= 15 is 4.79 Å². The Kier molecular flexibility index (Phi) is 14.9. The first-order valence-electron chi connectivity index (χ1n) is 26.0. The lowest BCUT2D eigenvalue weighted by atomic mass is 9.35. The number of ether oxygens (including phenoxy) is 6. The van der Waals surface area contributed by atoms with E-state index in [1.165, 1.54) is 5.57 Å². The summed E-state index contributed by atoms with van der Waals surface area (Å²) in [5.41, 5.74) is -2.55. The molecule has 3 heterocycles. The summed E-state index contributed by atoms with van der Waals surface area (Å²) in [6.07, 6.45) is -3.95. The van der Waals surface area contributed by atoms with Gasteiger partial charge in [-0.25, -0.2) is 0 Å². The third-order valence-electron chi connectivity index (χ3n) is 19.8. The van der Waals surface area contributed by atoms with Gasteiger partial charge < -0.3 is 74.4 Å². The van der Waals surface area contributed by atoms with Crippen molar-refractivity contribution < 1.29 is 79.2 Å². The number of aliphatic hydroxyl groups excluding tert-OH is 8. The predicted octanol–water partition coefficient (Wildman–Crippen LogP) is 3.43. The van der Waals surface area contributed by atoms with Gasteiger partial charge in [0.1, 0.15) is 23.9 Å².